The van der Waals surface area contributed by atoms with Gasteiger partial charge in [0.25, 0.3) is 0 Å². The number of halogens is 5. The lowest BCUT2D eigenvalue weighted by Gasteiger charge is -2.30. The third kappa shape index (κ3) is 4.07. The maximum Gasteiger partial charge on any atom is 0.522 e. The SMILES string of the molecule is Cc1cc(F)cc(I)c1C1CCC(OC(F)(F)F)CC1. The van der Waals surface area contributed by atoms with Crippen LogP contribution in [0, 0.1) is 16.3 Å². The summed E-state index contributed by atoms with van der Waals surface area (Å²) in [6, 6.07) is 2.96. The van der Waals surface area contributed by atoms with Gasteiger partial charge < -0.3 is 0 Å². The summed E-state index contributed by atoms with van der Waals surface area (Å²) in [4.78, 5) is 0. The van der Waals surface area contributed by atoms with Gasteiger partial charge in [0.15, 0.2) is 0 Å². The number of hydrogen-bond acceptors (Lipinski definition) is 1. The van der Waals surface area contributed by atoms with Crippen molar-refractivity contribution in [3.63, 3.8) is 0 Å². The van der Waals surface area contributed by atoms with Crippen molar-refractivity contribution in [1.29, 1.82) is 0 Å². The molecule has 20 heavy (non-hydrogen) atoms. The summed E-state index contributed by atoms with van der Waals surface area (Å²) in [6.45, 7) is 1.85. The quantitative estimate of drug-likeness (QED) is 0.482. The van der Waals surface area contributed by atoms with Gasteiger partial charge in [-0.25, -0.2) is 4.39 Å². The lowest BCUT2D eigenvalue weighted by atomic mass is 9.81. The third-order valence-electron chi connectivity index (χ3n) is 3.68. The van der Waals surface area contributed by atoms with Crippen molar-refractivity contribution in [2.75, 3.05) is 0 Å². The average molecular weight is 402 g/mol. The van der Waals surface area contributed by atoms with Gasteiger partial charge in [0.2, 0.25) is 0 Å². The van der Waals surface area contributed by atoms with Crippen molar-refractivity contribution in [2.45, 2.75) is 51.0 Å². The van der Waals surface area contributed by atoms with Crippen LogP contribution in [0.4, 0.5) is 17.6 Å². The van der Waals surface area contributed by atoms with Crippen LogP contribution in [-0.4, -0.2) is 12.5 Å². The Labute approximate surface area is 128 Å². The van der Waals surface area contributed by atoms with Gasteiger partial charge in [-0.3, -0.25) is 4.74 Å². The Kier molecular flexibility index (Phi) is 4.94. The molecule has 1 aromatic rings. The molecule has 1 aliphatic carbocycles. The molecule has 0 heterocycles. The first-order valence-electron chi connectivity index (χ1n) is 6.46. The Balaban J connectivity index is 2.04. The second-order valence-electron chi connectivity index (χ2n) is 5.16. The maximum absolute atomic E-state index is 13.3. The van der Waals surface area contributed by atoms with E-state index >= 15 is 0 Å². The fourth-order valence-corrected chi connectivity index (χ4v) is 4.05. The molecule has 1 aromatic carbocycles. The van der Waals surface area contributed by atoms with Crippen molar-refractivity contribution >= 4 is 22.6 Å². The molecule has 0 spiro atoms. The van der Waals surface area contributed by atoms with E-state index in [-0.39, 0.29) is 11.7 Å². The monoisotopic (exact) mass is 402 g/mol. The molecule has 0 aromatic heterocycles. The number of aryl methyl sites for hydroxylation is 1. The Morgan fingerprint density at radius 2 is 1.75 bits per heavy atom. The van der Waals surface area contributed by atoms with Crippen LogP contribution in [0.25, 0.3) is 0 Å². The molecule has 0 radical (unpaired) electrons. The molecule has 0 bridgehead atoms. The zero-order valence-corrected chi connectivity index (χ0v) is 13.1. The van der Waals surface area contributed by atoms with E-state index < -0.39 is 12.5 Å². The summed E-state index contributed by atoms with van der Waals surface area (Å²) in [6.07, 6.45) is -3.25. The van der Waals surface area contributed by atoms with E-state index in [9.17, 15) is 17.6 Å². The first-order chi connectivity index (χ1) is 9.26. The van der Waals surface area contributed by atoms with Crippen molar-refractivity contribution in [2.24, 2.45) is 0 Å². The number of benzene rings is 1. The summed E-state index contributed by atoms with van der Waals surface area (Å²) < 4.78 is 54.7. The molecule has 112 valence electrons. The second-order valence-corrected chi connectivity index (χ2v) is 6.32. The predicted molar refractivity (Wildman–Crippen MR) is 76.0 cm³/mol. The van der Waals surface area contributed by atoms with Crippen molar-refractivity contribution in [3.8, 4) is 0 Å². The number of ether oxygens (including phenoxy) is 1. The number of alkyl halides is 3. The lowest BCUT2D eigenvalue weighted by molar-refractivity contribution is -0.345. The van der Waals surface area contributed by atoms with Gasteiger partial charge in [-0.2, -0.15) is 0 Å². The average Bonchev–Trinajstić information content (AvgIpc) is 2.28. The van der Waals surface area contributed by atoms with Crippen LogP contribution < -0.4 is 0 Å². The molecule has 0 amide bonds. The summed E-state index contributed by atoms with van der Waals surface area (Å²) in [5, 5.41) is 0. The molecular formula is C14H15F4IO. The lowest BCUT2D eigenvalue weighted by Crippen LogP contribution is -2.28. The van der Waals surface area contributed by atoms with Crippen molar-refractivity contribution < 1.29 is 22.3 Å². The first kappa shape index (κ1) is 16.0. The molecule has 0 saturated heterocycles. The van der Waals surface area contributed by atoms with E-state index in [1.165, 1.54) is 12.1 Å². The Hall–Kier alpha value is -0.370. The van der Waals surface area contributed by atoms with Gasteiger partial charge in [0.1, 0.15) is 5.82 Å². The predicted octanol–water partition coefficient (Wildman–Crippen LogP) is 5.30. The van der Waals surface area contributed by atoms with Crippen LogP contribution >= 0.6 is 22.6 Å². The van der Waals surface area contributed by atoms with Crippen LogP contribution in [0.3, 0.4) is 0 Å². The minimum absolute atomic E-state index is 0.190. The van der Waals surface area contributed by atoms with Gasteiger partial charge in [-0.15, -0.1) is 13.2 Å². The molecule has 0 unspecified atom stereocenters. The van der Waals surface area contributed by atoms with Crippen LogP contribution in [-0.2, 0) is 4.74 Å². The van der Waals surface area contributed by atoms with E-state index in [2.05, 4.69) is 27.3 Å². The van der Waals surface area contributed by atoms with E-state index in [4.69, 9.17) is 0 Å². The number of rotatable bonds is 2. The van der Waals surface area contributed by atoms with Crippen LogP contribution in [0.15, 0.2) is 12.1 Å². The van der Waals surface area contributed by atoms with Gasteiger partial charge in [-0.05, 0) is 84.4 Å². The number of hydrogen-bond donors (Lipinski definition) is 0. The van der Waals surface area contributed by atoms with E-state index in [1.54, 1.807) is 0 Å². The molecule has 0 atom stereocenters. The summed E-state index contributed by atoms with van der Waals surface area (Å²) in [5.74, 6) is -0.0830. The fraction of sp³-hybridized carbons (Fsp3) is 0.571. The molecular weight excluding hydrogens is 387 g/mol. The molecule has 6 heteroatoms. The maximum atomic E-state index is 13.3. The standard InChI is InChI=1S/C14H15F4IO/c1-8-6-10(15)7-12(19)13(8)9-2-4-11(5-3-9)20-14(16,17)18/h6-7,9,11H,2-5H2,1H3. The van der Waals surface area contributed by atoms with Gasteiger partial charge >= 0.3 is 6.36 Å². The summed E-state index contributed by atoms with van der Waals surface area (Å²) in [7, 11) is 0. The molecule has 0 N–H and O–H groups in total. The highest BCUT2D eigenvalue weighted by Gasteiger charge is 2.36. The van der Waals surface area contributed by atoms with E-state index in [1.807, 2.05) is 6.92 Å². The molecule has 0 aliphatic heterocycles. The fourth-order valence-electron chi connectivity index (χ4n) is 2.89. The zero-order chi connectivity index (χ0) is 14.9. The molecule has 1 nitrogen and oxygen atoms in total. The van der Waals surface area contributed by atoms with E-state index in [0.29, 0.717) is 25.7 Å². The van der Waals surface area contributed by atoms with Gasteiger partial charge in [-0.1, -0.05) is 0 Å². The van der Waals surface area contributed by atoms with E-state index in [0.717, 1.165) is 14.7 Å². The van der Waals surface area contributed by atoms with Crippen molar-refractivity contribution in [1.82, 2.24) is 0 Å². The Bertz CT molecular complexity index is 456. The van der Waals surface area contributed by atoms with Gasteiger partial charge in [0, 0.05) is 3.57 Å². The second kappa shape index (κ2) is 6.17. The topological polar surface area (TPSA) is 9.23 Å². The molecule has 2 rings (SSSR count). The Morgan fingerprint density at radius 1 is 1.15 bits per heavy atom. The third-order valence-corrected chi connectivity index (χ3v) is 4.58. The molecule has 1 fully saturated rings. The smallest absolute Gasteiger partial charge is 0.289 e. The highest BCUT2D eigenvalue weighted by atomic mass is 127. The minimum Gasteiger partial charge on any atom is -0.289 e. The Morgan fingerprint density at radius 3 is 2.25 bits per heavy atom. The minimum atomic E-state index is -4.56. The van der Waals surface area contributed by atoms with Crippen LogP contribution in [0.5, 0.6) is 0 Å². The van der Waals surface area contributed by atoms with Gasteiger partial charge in [0.05, 0.1) is 6.10 Å². The van der Waals surface area contributed by atoms with Crippen LogP contribution in [0.2, 0.25) is 0 Å². The molecule has 1 saturated carbocycles. The summed E-state index contributed by atoms with van der Waals surface area (Å²) in [5.41, 5.74) is 1.94. The first-order valence-corrected chi connectivity index (χ1v) is 7.54. The molecule has 1 aliphatic rings. The summed E-state index contributed by atoms with van der Waals surface area (Å²) >= 11 is 2.09. The van der Waals surface area contributed by atoms with Crippen molar-refractivity contribution in [3.05, 3.63) is 32.6 Å². The normalized spacial score (nSPS) is 23.9. The zero-order valence-electron chi connectivity index (χ0n) is 10.9. The van der Waals surface area contributed by atoms with Crippen LogP contribution in [0.1, 0.15) is 42.7 Å². The highest BCUT2D eigenvalue weighted by Crippen LogP contribution is 2.39. The largest absolute Gasteiger partial charge is 0.522 e. The highest BCUT2D eigenvalue weighted by molar-refractivity contribution is 14.1.